The Morgan fingerprint density at radius 2 is 1.92 bits per heavy atom. The van der Waals surface area contributed by atoms with Gasteiger partial charge in [0.2, 0.25) is 5.91 Å². The lowest BCUT2D eigenvalue weighted by atomic mass is 9.99. The van der Waals surface area contributed by atoms with E-state index in [2.05, 4.69) is 38.7 Å². The molecule has 5 nitrogen and oxygen atoms in total. The number of aromatic nitrogens is 1. The zero-order valence-corrected chi connectivity index (χ0v) is 14.6. The number of carbonyl (C=O) groups excluding carboxylic acids is 1. The quantitative estimate of drug-likeness (QED) is 0.842. The second-order valence-electron chi connectivity index (χ2n) is 7.79. The Morgan fingerprint density at radius 3 is 2.58 bits per heavy atom. The van der Waals surface area contributed by atoms with Crippen LogP contribution in [0.15, 0.2) is 24.4 Å². The molecule has 4 rings (SSSR count). The first-order valence-corrected chi connectivity index (χ1v) is 9.35. The van der Waals surface area contributed by atoms with Gasteiger partial charge in [-0.2, -0.15) is 0 Å². The van der Waals surface area contributed by atoms with Gasteiger partial charge < -0.3 is 4.90 Å². The van der Waals surface area contributed by atoms with E-state index < -0.39 is 0 Å². The summed E-state index contributed by atoms with van der Waals surface area (Å²) in [6, 6.07) is 7.26. The molecule has 3 fully saturated rings. The first kappa shape index (κ1) is 16.0. The molecule has 2 unspecified atom stereocenters. The summed E-state index contributed by atoms with van der Waals surface area (Å²) in [5.74, 6) is 1.11. The molecule has 5 heteroatoms. The summed E-state index contributed by atoms with van der Waals surface area (Å²) in [5.41, 5.74) is 1.15. The Morgan fingerprint density at radius 1 is 1.17 bits per heavy atom. The van der Waals surface area contributed by atoms with Crippen molar-refractivity contribution in [3.63, 3.8) is 0 Å². The minimum Gasteiger partial charge on any atom is -0.342 e. The molecule has 3 saturated heterocycles. The molecule has 0 radical (unpaired) electrons. The highest BCUT2D eigenvalue weighted by molar-refractivity contribution is 5.78. The molecule has 0 saturated carbocycles. The van der Waals surface area contributed by atoms with E-state index in [1.807, 2.05) is 12.3 Å². The van der Waals surface area contributed by atoms with Gasteiger partial charge in [0.1, 0.15) is 0 Å². The Bertz CT molecular complexity index is 570. The van der Waals surface area contributed by atoms with Gasteiger partial charge in [0.05, 0.1) is 12.2 Å². The van der Waals surface area contributed by atoms with Crippen molar-refractivity contribution < 1.29 is 4.79 Å². The molecule has 1 aromatic rings. The minimum absolute atomic E-state index is 0.339. The number of rotatable bonds is 4. The minimum atomic E-state index is 0.339. The molecule has 0 aromatic carbocycles. The number of piperidine rings is 1. The lowest BCUT2D eigenvalue weighted by Gasteiger charge is -2.36. The van der Waals surface area contributed by atoms with E-state index >= 15 is 0 Å². The molecule has 0 aliphatic carbocycles. The van der Waals surface area contributed by atoms with Crippen LogP contribution in [0.2, 0.25) is 0 Å². The van der Waals surface area contributed by atoms with Crippen LogP contribution in [-0.2, 0) is 11.3 Å². The Hall–Kier alpha value is -1.46. The predicted octanol–water partition coefficient (Wildman–Crippen LogP) is 1.60. The number of hydrogen-bond acceptors (Lipinski definition) is 4. The van der Waals surface area contributed by atoms with Gasteiger partial charge in [-0.15, -0.1) is 0 Å². The maximum atomic E-state index is 12.6. The standard InChI is InChI=1S/C19H28N4O/c1-15-5-8-21(9-6-15)19(24)14-23-13-17-10-18(23)12-22(17)11-16-4-2-3-7-20-16/h2-4,7,15,17-18H,5-6,8-14H2,1H3. The molecule has 2 bridgehead atoms. The molecule has 2 atom stereocenters. The van der Waals surface area contributed by atoms with E-state index in [4.69, 9.17) is 0 Å². The van der Waals surface area contributed by atoms with Crippen molar-refractivity contribution in [3.05, 3.63) is 30.1 Å². The van der Waals surface area contributed by atoms with Crippen molar-refractivity contribution in [2.24, 2.45) is 5.92 Å². The molecule has 1 aromatic heterocycles. The van der Waals surface area contributed by atoms with E-state index in [1.54, 1.807) is 0 Å². The summed E-state index contributed by atoms with van der Waals surface area (Å²) in [6.07, 6.45) is 5.40. The highest BCUT2D eigenvalue weighted by atomic mass is 16.2. The lowest BCUT2D eigenvalue weighted by Crippen LogP contribution is -2.50. The Balaban J connectivity index is 1.28. The van der Waals surface area contributed by atoms with Crippen molar-refractivity contribution in [1.82, 2.24) is 19.7 Å². The third kappa shape index (κ3) is 3.33. The maximum absolute atomic E-state index is 12.6. The fraction of sp³-hybridized carbons (Fsp3) is 0.684. The van der Waals surface area contributed by atoms with E-state index in [1.165, 1.54) is 6.42 Å². The van der Waals surface area contributed by atoms with Crippen LogP contribution in [0.1, 0.15) is 31.9 Å². The van der Waals surface area contributed by atoms with Crippen molar-refractivity contribution >= 4 is 5.91 Å². The lowest BCUT2D eigenvalue weighted by molar-refractivity contribution is -0.134. The zero-order chi connectivity index (χ0) is 16.5. The predicted molar refractivity (Wildman–Crippen MR) is 93.4 cm³/mol. The van der Waals surface area contributed by atoms with Crippen molar-refractivity contribution in [1.29, 1.82) is 0 Å². The number of likely N-dealkylation sites (tertiary alicyclic amines) is 3. The molecular formula is C19H28N4O. The Kier molecular flexibility index (Phi) is 4.55. The van der Waals surface area contributed by atoms with E-state index in [0.717, 1.165) is 57.2 Å². The highest BCUT2D eigenvalue weighted by Crippen LogP contribution is 2.31. The summed E-state index contributed by atoms with van der Waals surface area (Å²) < 4.78 is 0. The fourth-order valence-corrected chi connectivity index (χ4v) is 4.45. The average Bonchev–Trinajstić information content (AvgIpc) is 3.16. The van der Waals surface area contributed by atoms with Crippen LogP contribution < -0.4 is 0 Å². The number of fused-ring (bicyclic) bond motifs is 2. The molecule has 4 heterocycles. The highest BCUT2D eigenvalue weighted by Gasteiger charge is 2.43. The van der Waals surface area contributed by atoms with Crippen LogP contribution in [0.4, 0.5) is 0 Å². The van der Waals surface area contributed by atoms with Crippen LogP contribution in [0.5, 0.6) is 0 Å². The first-order valence-electron chi connectivity index (χ1n) is 9.35. The van der Waals surface area contributed by atoms with Gasteiger partial charge in [-0.3, -0.25) is 19.6 Å². The van der Waals surface area contributed by atoms with E-state index in [0.29, 0.717) is 24.5 Å². The molecule has 3 aliphatic rings. The zero-order valence-electron chi connectivity index (χ0n) is 14.6. The second-order valence-corrected chi connectivity index (χ2v) is 7.79. The normalized spacial score (nSPS) is 28.6. The van der Waals surface area contributed by atoms with Gasteiger partial charge in [-0.05, 0) is 37.3 Å². The number of pyridine rings is 1. The summed E-state index contributed by atoms with van der Waals surface area (Å²) >= 11 is 0. The fourth-order valence-electron chi connectivity index (χ4n) is 4.45. The Labute approximate surface area is 144 Å². The van der Waals surface area contributed by atoms with Gasteiger partial charge in [-0.1, -0.05) is 13.0 Å². The molecule has 0 spiro atoms. The van der Waals surface area contributed by atoms with Crippen LogP contribution in [0, 0.1) is 5.92 Å². The summed E-state index contributed by atoms with van der Waals surface area (Å²) in [4.78, 5) is 24.1. The van der Waals surface area contributed by atoms with Crippen LogP contribution in [0.25, 0.3) is 0 Å². The molecule has 0 N–H and O–H groups in total. The van der Waals surface area contributed by atoms with Gasteiger partial charge in [0.25, 0.3) is 0 Å². The average molecular weight is 328 g/mol. The van der Waals surface area contributed by atoms with Gasteiger partial charge in [0.15, 0.2) is 0 Å². The third-order valence-electron chi connectivity index (χ3n) is 6.03. The molecule has 24 heavy (non-hydrogen) atoms. The monoisotopic (exact) mass is 328 g/mol. The molecular weight excluding hydrogens is 300 g/mol. The number of nitrogens with zero attached hydrogens (tertiary/aromatic N) is 4. The smallest absolute Gasteiger partial charge is 0.236 e. The van der Waals surface area contributed by atoms with Crippen LogP contribution in [0.3, 0.4) is 0 Å². The maximum Gasteiger partial charge on any atom is 0.236 e. The van der Waals surface area contributed by atoms with Gasteiger partial charge in [0, 0.05) is 51.0 Å². The van der Waals surface area contributed by atoms with E-state index in [9.17, 15) is 4.79 Å². The van der Waals surface area contributed by atoms with Crippen LogP contribution >= 0.6 is 0 Å². The number of carbonyl (C=O) groups is 1. The second kappa shape index (κ2) is 6.81. The SMILES string of the molecule is CC1CCN(C(=O)CN2CC3CC2CN3Cc2ccccn2)CC1. The molecule has 130 valence electrons. The number of hydrogen-bond donors (Lipinski definition) is 0. The first-order chi connectivity index (χ1) is 11.7. The summed E-state index contributed by atoms with van der Waals surface area (Å²) in [7, 11) is 0. The van der Waals surface area contributed by atoms with E-state index in [-0.39, 0.29) is 0 Å². The number of amides is 1. The third-order valence-corrected chi connectivity index (χ3v) is 6.03. The van der Waals surface area contributed by atoms with Gasteiger partial charge >= 0.3 is 0 Å². The topological polar surface area (TPSA) is 39.7 Å². The largest absolute Gasteiger partial charge is 0.342 e. The molecule has 3 aliphatic heterocycles. The summed E-state index contributed by atoms with van der Waals surface area (Å²) in [6.45, 7) is 7.86. The number of piperazine rings is 1. The van der Waals surface area contributed by atoms with Crippen molar-refractivity contribution in [2.75, 3.05) is 32.7 Å². The van der Waals surface area contributed by atoms with Gasteiger partial charge in [-0.25, -0.2) is 0 Å². The van der Waals surface area contributed by atoms with Crippen molar-refractivity contribution in [2.45, 2.75) is 44.8 Å². The summed E-state index contributed by atoms with van der Waals surface area (Å²) in [5, 5.41) is 0. The van der Waals surface area contributed by atoms with Crippen LogP contribution in [-0.4, -0.2) is 70.4 Å². The van der Waals surface area contributed by atoms with Crippen molar-refractivity contribution in [3.8, 4) is 0 Å². The molecule has 1 amide bonds.